The molecule has 0 spiro atoms. The van der Waals surface area contributed by atoms with Crippen LogP contribution in [0.3, 0.4) is 0 Å². The average Bonchev–Trinajstić information content (AvgIpc) is 3.13. The van der Waals surface area contributed by atoms with Crippen molar-refractivity contribution in [2.75, 3.05) is 31.1 Å². The second-order valence-corrected chi connectivity index (χ2v) is 8.07. The summed E-state index contributed by atoms with van der Waals surface area (Å²) in [6.45, 7) is 3.40. The Hall–Kier alpha value is -2.91. The van der Waals surface area contributed by atoms with E-state index in [4.69, 9.17) is 0 Å². The maximum Gasteiger partial charge on any atom is 0.289 e. The standard InChI is InChI=1S/C18H18N4O4S/c23-22(24)17-4-1-2-7-18(17)27(25,26)21-11-8-14-15(5-3-6-16(14)21)20-12-9-19-10-13-20/h1-8,11,19H,9-10,12-13H2. The van der Waals surface area contributed by atoms with E-state index in [2.05, 4.69) is 10.2 Å². The van der Waals surface area contributed by atoms with Gasteiger partial charge in [0, 0.05) is 49.5 Å². The molecule has 1 saturated heterocycles. The summed E-state index contributed by atoms with van der Waals surface area (Å²) >= 11 is 0. The van der Waals surface area contributed by atoms with Gasteiger partial charge in [-0.05, 0) is 24.3 Å². The van der Waals surface area contributed by atoms with Gasteiger partial charge in [-0.3, -0.25) is 10.1 Å². The summed E-state index contributed by atoms with van der Waals surface area (Å²) in [4.78, 5) is 12.5. The predicted molar refractivity (Wildman–Crippen MR) is 103 cm³/mol. The minimum absolute atomic E-state index is 0.319. The monoisotopic (exact) mass is 386 g/mol. The zero-order valence-electron chi connectivity index (χ0n) is 14.4. The molecule has 0 atom stereocenters. The number of rotatable bonds is 4. The van der Waals surface area contributed by atoms with E-state index in [1.807, 2.05) is 12.1 Å². The Kier molecular flexibility index (Phi) is 4.33. The highest BCUT2D eigenvalue weighted by Crippen LogP contribution is 2.32. The fraction of sp³-hybridized carbons (Fsp3) is 0.222. The molecule has 3 aromatic rings. The lowest BCUT2D eigenvalue weighted by atomic mass is 10.2. The Morgan fingerprint density at radius 1 is 1.00 bits per heavy atom. The molecule has 0 saturated carbocycles. The SMILES string of the molecule is O=[N+]([O-])c1ccccc1S(=O)(=O)n1ccc2c(N3CCNCC3)cccc21. The Balaban J connectivity index is 1.87. The number of benzene rings is 2. The number of piperazine rings is 1. The number of nitrogens with one attached hydrogen (secondary N) is 1. The normalized spacial score (nSPS) is 15.2. The van der Waals surface area contributed by atoms with Crippen LogP contribution in [0.4, 0.5) is 11.4 Å². The van der Waals surface area contributed by atoms with Crippen LogP contribution in [-0.2, 0) is 10.0 Å². The van der Waals surface area contributed by atoms with Crippen LogP contribution in [0, 0.1) is 10.1 Å². The minimum Gasteiger partial charge on any atom is -0.368 e. The van der Waals surface area contributed by atoms with Crippen LogP contribution >= 0.6 is 0 Å². The van der Waals surface area contributed by atoms with Gasteiger partial charge in [-0.1, -0.05) is 18.2 Å². The van der Waals surface area contributed by atoms with E-state index in [9.17, 15) is 18.5 Å². The van der Waals surface area contributed by atoms with Crippen LogP contribution < -0.4 is 10.2 Å². The minimum atomic E-state index is -4.10. The van der Waals surface area contributed by atoms with Gasteiger partial charge in [-0.15, -0.1) is 0 Å². The first-order valence-corrected chi connectivity index (χ1v) is 9.99. The van der Waals surface area contributed by atoms with Gasteiger partial charge in [0.05, 0.1) is 10.4 Å². The van der Waals surface area contributed by atoms with E-state index in [1.54, 1.807) is 12.1 Å². The maximum atomic E-state index is 13.2. The summed E-state index contributed by atoms with van der Waals surface area (Å²) in [6, 6.07) is 12.6. The summed E-state index contributed by atoms with van der Waals surface area (Å²) in [7, 11) is -4.10. The number of hydrogen-bond acceptors (Lipinski definition) is 6. The van der Waals surface area contributed by atoms with Crippen LogP contribution in [0.5, 0.6) is 0 Å². The molecule has 27 heavy (non-hydrogen) atoms. The third-order valence-electron chi connectivity index (χ3n) is 4.73. The quantitative estimate of drug-likeness (QED) is 0.545. The molecule has 140 valence electrons. The van der Waals surface area contributed by atoms with Gasteiger partial charge in [0.15, 0.2) is 4.90 Å². The van der Waals surface area contributed by atoms with Crippen molar-refractivity contribution in [3.05, 3.63) is 64.8 Å². The highest BCUT2D eigenvalue weighted by molar-refractivity contribution is 7.90. The summed E-state index contributed by atoms with van der Waals surface area (Å²) in [5.74, 6) is 0. The molecule has 9 heteroatoms. The van der Waals surface area contributed by atoms with Crippen molar-refractivity contribution in [3.8, 4) is 0 Å². The number of para-hydroxylation sites is 1. The first kappa shape index (κ1) is 17.5. The van der Waals surface area contributed by atoms with Gasteiger partial charge in [0.1, 0.15) is 0 Å². The van der Waals surface area contributed by atoms with Crippen LogP contribution in [0.2, 0.25) is 0 Å². The van der Waals surface area contributed by atoms with Crippen LogP contribution in [0.25, 0.3) is 10.9 Å². The molecule has 0 radical (unpaired) electrons. The first-order chi connectivity index (χ1) is 13.0. The van der Waals surface area contributed by atoms with Crippen molar-refractivity contribution in [1.29, 1.82) is 0 Å². The molecule has 8 nitrogen and oxygen atoms in total. The molecule has 0 bridgehead atoms. The van der Waals surface area contributed by atoms with Crippen LogP contribution in [-0.4, -0.2) is 43.5 Å². The fourth-order valence-electron chi connectivity index (χ4n) is 3.45. The Morgan fingerprint density at radius 2 is 1.74 bits per heavy atom. The summed E-state index contributed by atoms with van der Waals surface area (Å²) < 4.78 is 27.4. The summed E-state index contributed by atoms with van der Waals surface area (Å²) in [5, 5.41) is 15.4. The molecule has 0 aliphatic carbocycles. The molecule has 1 N–H and O–H groups in total. The van der Waals surface area contributed by atoms with Gasteiger partial charge in [-0.2, -0.15) is 0 Å². The number of nitro benzene ring substituents is 1. The van der Waals surface area contributed by atoms with Gasteiger partial charge in [-0.25, -0.2) is 12.4 Å². The number of hydrogen-bond donors (Lipinski definition) is 1. The van der Waals surface area contributed by atoms with Crippen LogP contribution in [0.1, 0.15) is 0 Å². The molecule has 2 heterocycles. The van der Waals surface area contributed by atoms with Crippen LogP contribution in [0.15, 0.2) is 59.6 Å². The van der Waals surface area contributed by atoms with Gasteiger partial charge in [0.2, 0.25) is 0 Å². The summed E-state index contributed by atoms with van der Waals surface area (Å²) in [6.07, 6.45) is 1.46. The first-order valence-electron chi connectivity index (χ1n) is 8.55. The molecular weight excluding hydrogens is 368 g/mol. The van der Waals surface area contributed by atoms with Crippen molar-refractivity contribution in [2.45, 2.75) is 4.90 Å². The zero-order valence-corrected chi connectivity index (χ0v) is 15.2. The van der Waals surface area contributed by atoms with E-state index in [0.717, 1.165) is 41.2 Å². The van der Waals surface area contributed by atoms with Crippen molar-refractivity contribution >= 4 is 32.3 Å². The van der Waals surface area contributed by atoms with E-state index in [-0.39, 0.29) is 4.90 Å². The molecule has 1 aromatic heterocycles. The highest BCUT2D eigenvalue weighted by atomic mass is 32.2. The lowest BCUT2D eigenvalue weighted by molar-refractivity contribution is -0.387. The lowest BCUT2D eigenvalue weighted by Crippen LogP contribution is -2.43. The number of anilines is 1. The molecule has 1 aliphatic heterocycles. The van der Waals surface area contributed by atoms with E-state index >= 15 is 0 Å². The number of nitro groups is 1. The summed E-state index contributed by atoms with van der Waals surface area (Å²) in [5.41, 5.74) is 1.03. The second-order valence-electron chi connectivity index (χ2n) is 6.29. The Bertz CT molecular complexity index is 1120. The number of fused-ring (bicyclic) bond motifs is 1. The number of nitrogens with zero attached hydrogens (tertiary/aromatic N) is 3. The molecule has 0 unspecified atom stereocenters. The zero-order chi connectivity index (χ0) is 19.0. The van der Waals surface area contributed by atoms with Gasteiger partial charge < -0.3 is 10.2 Å². The maximum absolute atomic E-state index is 13.2. The fourth-order valence-corrected chi connectivity index (χ4v) is 4.96. The second kappa shape index (κ2) is 6.67. The molecule has 4 rings (SSSR count). The van der Waals surface area contributed by atoms with E-state index in [0.29, 0.717) is 5.52 Å². The largest absolute Gasteiger partial charge is 0.368 e. The van der Waals surface area contributed by atoms with Gasteiger partial charge >= 0.3 is 0 Å². The van der Waals surface area contributed by atoms with Crippen molar-refractivity contribution < 1.29 is 13.3 Å². The molecule has 0 amide bonds. The third-order valence-corrected chi connectivity index (χ3v) is 6.47. The Morgan fingerprint density at radius 3 is 2.48 bits per heavy atom. The smallest absolute Gasteiger partial charge is 0.289 e. The van der Waals surface area contributed by atoms with Crippen molar-refractivity contribution in [1.82, 2.24) is 9.29 Å². The topological polar surface area (TPSA) is 97.5 Å². The van der Waals surface area contributed by atoms with Gasteiger partial charge in [0.25, 0.3) is 15.7 Å². The Labute approximate surface area is 156 Å². The molecule has 1 aliphatic rings. The number of aromatic nitrogens is 1. The third kappa shape index (κ3) is 2.94. The predicted octanol–water partition coefficient (Wildman–Crippen LogP) is 2.20. The molecule has 1 fully saturated rings. The van der Waals surface area contributed by atoms with Crippen molar-refractivity contribution in [2.24, 2.45) is 0 Å². The molecular formula is C18H18N4O4S. The highest BCUT2D eigenvalue weighted by Gasteiger charge is 2.28. The van der Waals surface area contributed by atoms with E-state index < -0.39 is 20.6 Å². The van der Waals surface area contributed by atoms with E-state index in [1.165, 1.54) is 30.5 Å². The molecule has 2 aromatic carbocycles. The average molecular weight is 386 g/mol. The van der Waals surface area contributed by atoms with Crippen molar-refractivity contribution in [3.63, 3.8) is 0 Å². The lowest BCUT2D eigenvalue weighted by Gasteiger charge is -2.30.